The maximum atomic E-state index is 12.1. The number of hydrogen-bond acceptors (Lipinski definition) is 3. The molecule has 0 atom stereocenters. The number of amides is 2. The van der Waals surface area contributed by atoms with Gasteiger partial charge in [-0.15, -0.1) is 0 Å². The summed E-state index contributed by atoms with van der Waals surface area (Å²) in [5, 5.41) is 5.76. The van der Waals surface area contributed by atoms with Gasteiger partial charge in [-0.05, 0) is 61.7 Å². The molecule has 2 N–H and O–H groups in total. The monoisotopic (exact) mass is 391 g/mol. The van der Waals surface area contributed by atoms with Crippen LogP contribution in [-0.4, -0.2) is 24.9 Å². The van der Waals surface area contributed by atoms with Crippen LogP contribution >= 0.6 is 23.2 Å². The molecule has 0 saturated carbocycles. The molecule has 1 saturated heterocycles. The van der Waals surface area contributed by atoms with E-state index in [4.69, 9.17) is 23.2 Å². The molecule has 2 amide bonds. The first-order chi connectivity index (χ1) is 12.5. The van der Waals surface area contributed by atoms with Gasteiger partial charge in [0.1, 0.15) is 0 Å². The lowest BCUT2D eigenvalue weighted by Crippen LogP contribution is -2.30. The van der Waals surface area contributed by atoms with Gasteiger partial charge in [0.05, 0.1) is 10.7 Å². The summed E-state index contributed by atoms with van der Waals surface area (Å²) in [6, 6.07) is 12.1. The summed E-state index contributed by atoms with van der Waals surface area (Å²) < 4.78 is 0. The standard InChI is InChI=1S/C19H19Cl2N3O2/c20-13-4-9-16(21)17(12-13)23-19(26)18(25)22-14-5-7-15(8-6-14)24-10-2-1-3-11-24/h4-9,12H,1-3,10-11H2,(H,22,25)(H,23,26). The summed E-state index contributed by atoms with van der Waals surface area (Å²) in [5.74, 6) is -1.58. The summed E-state index contributed by atoms with van der Waals surface area (Å²) in [5.41, 5.74) is 1.97. The highest BCUT2D eigenvalue weighted by Gasteiger charge is 2.16. The molecule has 1 heterocycles. The Morgan fingerprint density at radius 1 is 0.846 bits per heavy atom. The van der Waals surface area contributed by atoms with Crippen molar-refractivity contribution in [1.82, 2.24) is 0 Å². The van der Waals surface area contributed by atoms with Crippen molar-refractivity contribution in [2.45, 2.75) is 19.3 Å². The maximum Gasteiger partial charge on any atom is 0.314 e. The Morgan fingerprint density at radius 3 is 2.19 bits per heavy atom. The predicted molar refractivity (Wildman–Crippen MR) is 106 cm³/mol. The summed E-state index contributed by atoms with van der Waals surface area (Å²) >= 11 is 11.9. The molecule has 0 unspecified atom stereocenters. The van der Waals surface area contributed by atoms with E-state index in [9.17, 15) is 9.59 Å². The van der Waals surface area contributed by atoms with Crippen LogP contribution in [-0.2, 0) is 9.59 Å². The number of nitrogens with one attached hydrogen (secondary N) is 2. The zero-order valence-corrected chi connectivity index (χ0v) is 15.6. The number of piperidine rings is 1. The number of carbonyl (C=O) groups excluding carboxylic acids is 2. The van der Waals surface area contributed by atoms with E-state index in [0.29, 0.717) is 21.4 Å². The Hall–Kier alpha value is -2.24. The van der Waals surface area contributed by atoms with Crippen LogP contribution in [0, 0.1) is 0 Å². The molecule has 0 bridgehead atoms. The zero-order valence-electron chi connectivity index (χ0n) is 14.1. The van der Waals surface area contributed by atoms with Crippen LogP contribution in [0.1, 0.15) is 19.3 Å². The minimum absolute atomic E-state index is 0.291. The Balaban J connectivity index is 1.60. The number of hydrogen-bond donors (Lipinski definition) is 2. The van der Waals surface area contributed by atoms with E-state index in [1.54, 1.807) is 24.3 Å². The third-order valence-electron chi connectivity index (χ3n) is 4.23. The molecule has 1 fully saturated rings. The summed E-state index contributed by atoms with van der Waals surface area (Å²) in [7, 11) is 0. The van der Waals surface area contributed by atoms with Gasteiger partial charge >= 0.3 is 11.8 Å². The van der Waals surface area contributed by atoms with Crippen LogP contribution in [0.5, 0.6) is 0 Å². The molecular formula is C19H19Cl2N3O2. The fourth-order valence-electron chi connectivity index (χ4n) is 2.87. The largest absolute Gasteiger partial charge is 0.372 e. The van der Waals surface area contributed by atoms with Crippen molar-refractivity contribution in [3.05, 3.63) is 52.5 Å². The number of nitrogens with zero attached hydrogens (tertiary/aromatic N) is 1. The van der Waals surface area contributed by atoms with Crippen LogP contribution in [0.4, 0.5) is 17.1 Å². The van der Waals surface area contributed by atoms with Crippen LogP contribution in [0.25, 0.3) is 0 Å². The van der Waals surface area contributed by atoms with Crippen molar-refractivity contribution in [2.24, 2.45) is 0 Å². The molecule has 136 valence electrons. The Labute approximate surface area is 162 Å². The van der Waals surface area contributed by atoms with Gasteiger partial charge in [0.25, 0.3) is 0 Å². The van der Waals surface area contributed by atoms with Crippen LogP contribution in [0.2, 0.25) is 10.0 Å². The third kappa shape index (κ3) is 4.68. The van der Waals surface area contributed by atoms with Crippen molar-refractivity contribution < 1.29 is 9.59 Å². The summed E-state index contributed by atoms with van der Waals surface area (Å²) in [6.07, 6.45) is 3.67. The van der Waals surface area contributed by atoms with Crippen molar-refractivity contribution in [1.29, 1.82) is 0 Å². The van der Waals surface area contributed by atoms with Gasteiger partial charge in [-0.1, -0.05) is 23.2 Å². The number of carbonyl (C=O) groups is 2. The number of benzene rings is 2. The van der Waals surface area contributed by atoms with Gasteiger partial charge in [-0.25, -0.2) is 0 Å². The second kappa shape index (κ2) is 8.43. The highest BCUT2D eigenvalue weighted by Crippen LogP contribution is 2.25. The molecule has 0 radical (unpaired) electrons. The minimum atomic E-state index is -0.811. The van der Waals surface area contributed by atoms with Crippen LogP contribution < -0.4 is 15.5 Å². The average Bonchev–Trinajstić information content (AvgIpc) is 2.66. The second-order valence-electron chi connectivity index (χ2n) is 6.13. The first kappa shape index (κ1) is 18.5. The van der Waals surface area contributed by atoms with E-state index in [0.717, 1.165) is 18.8 Å². The number of rotatable bonds is 3. The van der Waals surface area contributed by atoms with Crippen molar-refractivity contribution in [2.75, 3.05) is 28.6 Å². The lowest BCUT2D eigenvalue weighted by Gasteiger charge is -2.28. The maximum absolute atomic E-state index is 12.1. The van der Waals surface area contributed by atoms with Gasteiger partial charge in [0.2, 0.25) is 0 Å². The molecule has 0 spiro atoms. The fraction of sp³-hybridized carbons (Fsp3) is 0.263. The van der Waals surface area contributed by atoms with Crippen molar-refractivity contribution in [3.63, 3.8) is 0 Å². The van der Waals surface area contributed by atoms with Crippen molar-refractivity contribution >= 4 is 52.1 Å². The molecule has 1 aliphatic heterocycles. The molecule has 0 aromatic heterocycles. The average molecular weight is 392 g/mol. The second-order valence-corrected chi connectivity index (χ2v) is 6.97. The van der Waals surface area contributed by atoms with Gasteiger partial charge in [0, 0.05) is 29.5 Å². The number of halogens is 2. The Morgan fingerprint density at radius 2 is 1.50 bits per heavy atom. The quantitative estimate of drug-likeness (QED) is 0.753. The van der Waals surface area contributed by atoms with E-state index in [1.807, 2.05) is 12.1 Å². The lowest BCUT2D eigenvalue weighted by molar-refractivity contribution is -0.132. The van der Waals surface area contributed by atoms with Crippen molar-refractivity contribution in [3.8, 4) is 0 Å². The Bertz CT molecular complexity index is 803. The van der Waals surface area contributed by atoms with Gasteiger partial charge in [-0.3, -0.25) is 9.59 Å². The van der Waals surface area contributed by atoms with E-state index in [1.165, 1.54) is 25.3 Å². The fourth-order valence-corrected chi connectivity index (χ4v) is 3.20. The molecule has 0 aliphatic carbocycles. The van der Waals surface area contributed by atoms with Gasteiger partial charge in [-0.2, -0.15) is 0 Å². The zero-order chi connectivity index (χ0) is 18.5. The smallest absolute Gasteiger partial charge is 0.314 e. The van der Waals surface area contributed by atoms with E-state index in [-0.39, 0.29) is 0 Å². The normalized spacial score (nSPS) is 14.0. The molecule has 2 aromatic rings. The molecule has 3 rings (SSSR count). The topological polar surface area (TPSA) is 61.4 Å². The highest BCUT2D eigenvalue weighted by molar-refractivity contribution is 6.45. The van der Waals surface area contributed by atoms with Crippen LogP contribution in [0.15, 0.2) is 42.5 Å². The molecule has 5 nitrogen and oxygen atoms in total. The lowest BCUT2D eigenvalue weighted by atomic mass is 10.1. The van der Waals surface area contributed by atoms with E-state index < -0.39 is 11.8 Å². The summed E-state index contributed by atoms with van der Waals surface area (Å²) in [4.78, 5) is 26.5. The predicted octanol–water partition coefficient (Wildman–Crippen LogP) is 4.56. The highest BCUT2D eigenvalue weighted by atomic mass is 35.5. The third-order valence-corrected chi connectivity index (χ3v) is 4.79. The molecular weight excluding hydrogens is 373 g/mol. The first-order valence-corrected chi connectivity index (χ1v) is 9.21. The Kier molecular flexibility index (Phi) is 6.01. The number of anilines is 3. The molecule has 7 heteroatoms. The van der Waals surface area contributed by atoms with Crippen LogP contribution in [0.3, 0.4) is 0 Å². The van der Waals surface area contributed by atoms with E-state index in [2.05, 4.69) is 15.5 Å². The minimum Gasteiger partial charge on any atom is -0.372 e. The summed E-state index contributed by atoms with van der Waals surface area (Å²) in [6.45, 7) is 2.10. The van der Waals surface area contributed by atoms with E-state index >= 15 is 0 Å². The van der Waals surface area contributed by atoms with Gasteiger partial charge < -0.3 is 15.5 Å². The molecule has 1 aliphatic rings. The van der Waals surface area contributed by atoms with Gasteiger partial charge in [0.15, 0.2) is 0 Å². The molecule has 2 aromatic carbocycles. The SMILES string of the molecule is O=C(Nc1ccc(N2CCCCC2)cc1)C(=O)Nc1cc(Cl)ccc1Cl. The molecule has 26 heavy (non-hydrogen) atoms. The first-order valence-electron chi connectivity index (χ1n) is 8.45.